The number of fused-ring (bicyclic) bond motifs is 1. The molecule has 106 valence electrons. The van der Waals surface area contributed by atoms with E-state index in [1.807, 2.05) is 31.2 Å². The van der Waals surface area contributed by atoms with E-state index in [1.54, 1.807) is 19.4 Å². The van der Waals surface area contributed by atoms with Crippen molar-refractivity contribution in [2.75, 3.05) is 7.11 Å². The first-order valence-electron chi connectivity index (χ1n) is 6.64. The average molecular weight is 282 g/mol. The highest BCUT2D eigenvalue weighted by atomic mass is 16.5. The summed E-state index contributed by atoms with van der Waals surface area (Å²) < 4.78 is 10.5. The van der Waals surface area contributed by atoms with Crippen LogP contribution in [0.15, 0.2) is 41.0 Å². The van der Waals surface area contributed by atoms with Crippen LogP contribution in [0.1, 0.15) is 40.1 Å². The Morgan fingerprint density at radius 1 is 1.10 bits per heavy atom. The average Bonchev–Trinajstić information content (AvgIpc) is 2.95. The first-order chi connectivity index (χ1) is 10.1. The predicted molar refractivity (Wildman–Crippen MR) is 77.6 cm³/mol. The minimum Gasteiger partial charge on any atom is -0.497 e. The predicted octanol–water partition coefficient (Wildman–Crippen LogP) is 3.22. The third-order valence-corrected chi connectivity index (χ3v) is 3.77. The van der Waals surface area contributed by atoms with Gasteiger partial charge in [-0.2, -0.15) is 0 Å². The molecule has 2 aromatic rings. The Balaban J connectivity index is 2.01. The number of ether oxygens (including phenoxy) is 1. The van der Waals surface area contributed by atoms with Crippen LogP contribution >= 0.6 is 0 Å². The topological polar surface area (TPSA) is 56.5 Å². The van der Waals surface area contributed by atoms with Gasteiger partial charge in [0, 0.05) is 11.5 Å². The first-order valence-corrected chi connectivity index (χ1v) is 6.64. The van der Waals surface area contributed by atoms with Crippen molar-refractivity contribution in [2.24, 2.45) is 0 Å². The van der Waals surface area contributed by atoms with Gasteiger partial charge in [-0.05, 0) is 29.8 Å². The van der Waals surface area contributed by atoms with E-state index in [9.17, 15) is 9.59 Å². The van der Waals surface area contributed by atoms with Crippen LogP contribution in [0.5, 0.6) is 5.75 Å². The van der Waals surface area contributed by atoms with Gasteiger partial charge in [-0.15, -0.1) is 0 Å². The summed E-state index contributed by atoms with van der Waals surface area (Å²) in [6, 6.07) is 7.61. The van der Waals surface area contributed by atoms with Gasteiger partial charge in [0.1, 0.15) is 11.5 Å². The van der Waals surface area contributed by atoms with Gasteiger partial charge in [0.2, 0.25) is 11.6 Å². The molecule has 0 spiro atoms. The molecule has 3 rings (SSSR count). The number of hydrogen-bond donors (Lipinski definition) is 0. The first kappa shape index (κ1) is 13.4. The highest BCUT2D eigenvalue weighted by Crippen LogP contribution is 2.33. The van der Waals surface area contributed by atoms with Gasteiger partial charge in [0.25, 0.3) is 0 Å². The van der Waals surface area contributed by atoms with E-state index in [2.05, 4.69) is 0 Å². The SMILES string of the molecule is COc1ccc([C@H](C)c2coc3c2C(=O)C(=O)C=C3)cc1. The fourth-order valence-electron chi connectivity index (χ4n) is 2.49. The van der Waals surface area contributed by atoms with E-state index in [4.69, 9.17) is 9.15 Å². The molecule has 0 saturated carbocycles. The molecule has 0 amide bonds. The van der Waals surface area contributed by atoms with E-state index < -0.39 is 11.6 Å². The molecule has 1 aliphatic carbocycles. The number of rotatable bonds is 3. The molecule has 0 N–H and O–H groups in total. The summed E-state index contributed by atoms with van der Waals surface area (Å²) in [6.45, 7) is 1.98. The smallest absolute Gasteiger partial charge is 0.237 e. The highest BCUT2D eigenvalue weighted by molar-refractivity contribution is 6.50. The van der Waals surface area contributed by atoms with Gasteiger partial charge in [0.05, 0.1) is 18.9 Å². The molecule has 0 saturated heterocycles. The summed E-state index contributed by atoms with van der Waals surface area (Å²) in [5.41, 5.74) is 2.14. The largest absolute Gasteiger partial charge is 0.497 e. The molecule has 4 heteroatoms. The Morgan fingerprint density at radius 3 is 2.48 bits per heavy atom. The number of furan rings is 1. The second kappa shape index (κ2) is 5.05. The molecule has 0 unspecified atom stereocenters. The lowest BCUT2D eigenvalue weighted by Gasteiger charge is -2.13. The van der Waals surface area contributed by atoms with E-state index in [-0.39, 0.29) is 5.92 Å². The van der Waals surface area contributed by atoms with Crippen molar-refractivity contribution >= 4 is 17.6 Å². The lowest BCUT2D eigenvalue weighted by atomic mass is 9.88. The fraction of sp³-hybridized carbons (Fsp3) is 0.176. The molecule has 21 heavy (non-hydrogen) atoms. The molecular weight excluding hydrogens is 268 g/mol. The van der Waals surface area contributed by atoms with Gasteiger partial charge in [-0.25, -0.2) is 0 Å². The number of allylic oxidation sites excluding steroid dienone is 1. The number of ketones is 2. The van der Waals surface area contributed by atoms with Crippen molar-refractivity contribution in [2.45, 2.75) is 12.8 Å². The van der Waals surface area contributed by atoms with Gasteiger partial charge >= 0.3 is 0 Å². The number of benzene rings is 1. The summed E-state index contributed by atoms with van der Waals surface area (Å²) in [5.74, 6) is 0.166. The summed E-state index contributed by atoms with van der Waals surface area (Å²) in [5, 5.41) is 0. The summed E-state index contributed by atoms with van der Waals surface area (Å²) in [6.07, 6.45) is 4.35. The minimum absolute atomic E-state index is 0.0494. The molecule has 0 radical (unpaired) electrons. The van der Waals surface area contributed by atoms with Crippen LogP contribution in [0, 0.1) is 0 Å². The Labute approximate surface area is 122 Å². The third-order valence-electron chi connectivity index (χ3n) is 3.77. The molecule has 1 aliphatic rings. The number of hydrogen-bond acceptors (Lipinski definition) is 4. The monoisotopic (exact) mass is 282 g/mol. The zero-order valence-corrected chi connectivity index (χ0v) is 11.8. The van der Waals surface area contributed by atoms with Crippen LogP contribution in [0.2, 0.25) is 0 Å². The lowest BCUT2D eigenvalue weighted by molar-refractivity contribution is -0.111. The normalized spacial score (nSPS) is 15.0. The van der Waals surface area contributed by atoms with Crippen LogP contribution in [0.25, 0.3) is 6.08 Å². The Morgan fingerprint density at radius 2 is 1.81 bits per heavy atom. The minimum atomic E-state index is -0.507. The Kier molecular flexibility index (Phi) is 3.22. The summed E-state index contributed by atoms with van der Waals surface area (Å²) >= 11 is 0. The standard InChI is InChI=1S/C17H14O4/c1-10(11-3-5-12(20-2)6-4-11)13-9-21-15-8-7-14(18)17(19)16(13)15/h3-10H,1-2H3/t10-/m0/s1. The van der Waals surface area contributed by atoms with Gasteiger partial charge in [-0.1, -0.05) is 19.1 Å². The van der Waals surface area contributed by atoms with Gasteiger partial charge < -0.3 is 9.15 Å². The summed E-state index contributed by atoms with van der Waals surface area (Å²) in [4.78, 5) is 23.6. The van der Waals surface area contributed by atoms with Crippen LogP contribution < -0.4 is 4.74 Å². The molecule has 1 atom stereocenters. The highest BCUT2D eigenvalue weighted by Gasteiger charge is 2.29. The second-order valence-electron chi connectivity index (χ2n) is 4.95. The molecular formula is C17H14O4. The van der Waals surface area contributed by atoms with Gasteiger partial charge in [-0.3, -0.25) is 9.59 Å². The maximum Gasteiger partial charge on any atom is 0.237 e. The van der Waals surface area contributed by atoms with Crippen molar-refractivity contribution in [1.29, 1.82) is 0 Å². The van der Waals surface area contributed by atoms with Crippen molar-refractivity contribution in [3.63, 3.8) is 0 Å². The number of carbonyl (C=O) groups is 2. The van der Waals surface area contributed by atoms with Crippen LogP contribution in [-0.4, -0.2) is 18.7 Å². The molecule has 4 nitrogen and oxygen atoms in total. The molecule has 0 bridgehead atoms. The van der Waals surface area contributed by atoms with Crippen LogP contribution in [-0.2, 0) is 4.79 Å². The quantitative estimate of drug-likeness (QED) is 0.811. The lowest BCUT2D eigenvalue weighted by Crippen LogP contribution is -2.17. The van der Waals surface area contributed by atoms with E-state index >= 15 is 0 Å². The van der Waals surface area contributed by atoms with E-state index in [0.717, 1.165) is 16.9 Å². The van der Waals surface area contributed by atoms with E-state index in [1.165, 1.54) is 6.08 Å². The van der Waals surface area contributed by atoms with Crippen molar-refractivity contribution < 1.29 is 18.7 Å². The Bertz CT molecular complexity index is 735. The molecule has 0 fully saturated rings. The van der Waals surface area contributed by atoms with Crippen molar-refractivity contribution in [3.05, 3.63) is 59.1 Å². The summed E-state index contributed by atoms with van der Waals surface area (Å²) in [7, 11) is 1.61. The molecule has 0 aliphatic heterocycles. The molecule has 1 heterocycles. The van der Waals surface area contributed by atoms with Crippen LogP contribution in [0.4, 0.5) is 0 Å². The zero-order valence-electron chi connectivity index (χ0n) is 11.8. The number of carbonyl (C=O) groups excluding carboxylic acids is 2. The number of methoxy groups -OCH3 is 1. The zero-order chi connectivity index (χ0) is 15.0. The molecule has 1 aromatic heterocycles. The fourth-order valence-corrected chi connectivity index (χ4v) is 2.49. The van der Waals surface area contributed by atoms with E-state index in [0.29, 0.717) is 11.3 Å². The van der Waals surface area contributed by atoms with Crippen molar-refractivity contribution in [3.8, 4) is 5.75 Å². The maximum absolute atomic E-state index is 12.1. The third kappa shape index (κ3) is 2.18. The molecule has 1 aromatic carbocycles. The van der Waals surface area contributed by atoms with Gasteiger partial charge in [0.15, 0.2) is 0 Å². The maximum atomic E-state index is 12.1. The second-order valence-corrected chi connectivity index (χ2v) is 4.95. The van der Waals surface area contributed by atoms with Crippen LogP contribution in [0.3, 0.4) is 0 Å². The Hall–Kier alpha value is -2.62. The van der Waals surface area contributed by atoms with Crippen molar-refractivity contribution in [1.82, 2.24) is 0 Å². The number of Topliss-reactive ketones (excluding diaryl/α,β-unsaturated/α-hetero) is 1.